The fourth-order valence-electron chi connectivity index (χ4n) is 3.06. The standard InChI is InChI=1S/C17H29N3/c1-15(2)20(13-16-6-4-3-5-7-16)14-17-8-10-19(12-17)11-9-18/h3-7,15,17H,8-14,18H2,1-2H3/t17-/m0/s1. The zero-order valence-corrected chi connectivity index (χ0v) is 13.0. The number of benzene rings is 1. The Kier molecular flexibility index (Phi) is 6.02. The summed E-state index contributed by atoms with van der Waals surface area (Å²) in [6.07, 6.45) is 1.32. The predicted molar refractivity (Wildman–Crippen MR) is 85.6 cm³/mol. The maximum Gasteiger partial charge on any atom is 0.0236 e. The third kappa shape index (κ3) is 4.58. The second kappa shape index (κ2) is 7.77. The minimum atomic E-state index is 0.596. The zero-order chi connectivity index (χ0) is 14.4. The molecule has 0 aromatic heterocycles. The van der Waals surface area contributed by atoms with Crippen LogP contribution < -0.4 is 5.73 Å². The van der Waals surface area contributed by atoms with Crippen LogP contribution in [0, 0.1) is 5.92 Å². The Hall–Kier alpha value is -0.900. The molecule has 0 unspecified atom stereocenters. The first-order chi connectivity index (χ1) is 9.69. The molecule has 112 valence electrons. The van der Waals surface area contributed by atoms with Gasteiger partial charge in [-0.2, -0.15) is 0 Å². The van der Waals surface area contributed by atoms with Crippen molar-refractivity contribution in [2.75, 3.05) is 32.7 Å². The van der Waals surface area contributed by atoms with Crippen molar-refractivity contribution in [1.82, 2.24) is 9.80 Å². The molecule has 2 N–H and O–H groups in total. The van der Waals surface area contributed by atoms with Gasteiger partial charge in [0.05, 0.1) is 0 Å². The summed E-state index contributed by atoms with van der Waals surface area (Å²) in [6.45, 7) is 11.1. The van der Waals surface area contributed by atoms with Crippen molar-refractivity contribution in [3.63, 3.8) is 0 Å². The van der Waals surface area contributed by atoms with Crippen molar-refractivity contribution in [2.45, 2.75) is 32.9 Å². The summed E-state index contributed by atoms with van der Waals surface area (Å²) in [4.78, 5) is 5.11. The first kappa shape index (κ1) is 15.5. The van der Waals surface area contributed by atoms with Gasteiger partial charge < -0.3 is 10.6 Å². The van der Waals surface area contributed by atoms with Crippen LogP contribution in [0.25, 0.3) is 0 Å². The van der Waals surface area contributed by atoms with E-state index in [0.29, 0.717) is 6.04 Å². The van der Waals surface area contributed by atoms with E-state index < -0.39 is 0 Å². The summed E-state index contributed by atoms with van der Waals surface area (Å²) < 4.78 is 0. The third-order valence-corrected chi connectivity index (χ3v) is 4.27. The number of hydrogen-bond acceptors (Lipinski definition) is 3. The average Bonchev–Trinajstić information content (AvgIpc) is 2.87. The van der Waals surface area contributed by atoms with Crippen molar-refractivity contribution in [1.29, 1.82) is 0 Å². The summed E-state index contributed by atoms with van der Waals surface area (Å²) >= 11 is 0. The monoisotopic (exact) mass is 275 g/mol. The zero-order valence-electron chi connectivity index (χ0n) is 13.0. The molecule has 1 aromatic rings. The number of likely N-dealkylation sites (tertiary alicyclic amines) is 1. The van der Waals surface area contributed by atoms with E-state index >= 15 is 0 Å². The van der Waals surface area contributed by atoms with Gasteiger partial charge in [-0.1, -0.05) is 30.3 Å². The van der Waals surface area contributed by atoms with Gasteiger partial charge >= 0.3 is 0 Å². The van der Waals surface area contributed by atoms with Gasteiger partial charge in [-0.25, -0.2) is 0 Å². The van der Waals surface area contributed by atoms with E-state index in [9.17, 15) is 0 Å². The normalized spacial score (nSPS) is 20.1. The van der Waals surface area contributed by atoms with Crippen LogP contribution in [0.15, 0.2) is 30.3 Å². The van der Waals surface area contributed by atoms with Crippen LogP contribution in [0.5, 0.6) is 0 Å². The van der Waals surface area contributed by atoms with Crippen LogP contribution in [0.2, 0.25) is 0 Å². The lowest BCUT2D eigenvalue weighted by Gasteiger charge is -2.29. The van der Waals surface area contributed by atoms with Gasteiger partial charge in [0.1, 0.15) is 0 Å². The van der Waals surface area contributed by atoms with E-state index in [1.165, 1.54) is 31.6 Å². The topological polar surface area (TPSA) is 32.5 Å². The lowest BCUT2D eigenvalue weighted by Crippen LogP contribution is -2.36. The third-order valence-electron chi connectivity index (χ3n) is 4.27. The Labute approximate surface area is 123 Å². The quantitative estimate of drug-likeness (QED) is 0.828. The Morgan fingerprint density at radius 2 is 2.05 bits per heavy atom. The largest absolute Gasteiger partial charge is 0.329 e. The number of rotatable bonds is 7. The fourth-order valence-corrected chi connectivity index (χ4v) is 3.06. The molecule has 0 amide bonds. The first-order valence-electron chi connectivity index (χ1n) is 7.89. The lowest BCUT2D eigenvalue weighted by molar-refractivity contribution is 0.177. The Bertz CT molecular complexity index is 377. The van der Waals surface area contributed by atoms with Gasteiger partial charge in [0, 0.05) is 38.8 Å². The summed E-state index contributed by atoms with van der Waals surface area (Å²) in [6, 6.07) is 11.4. The van der Waals surface area contributed by atoms with Crippen molar-refractivity contribution in [2.24, 2.45) is 11.7 Å². The molecule has 1 saturated heterocycles. The molecule has 20 heavy (non-hydrogen) atoms. The number of nitrogens with zero attached hydrogens (tertiary/aromatic N) is 2. The van der Waals surface area contributed by atoms with Crippen molar-refractivity contribution in [3.05, 3.63) is 35.9 Å². The molecule has 3 nitrogen and oxygen atoms in total. The molecule has 1 aliphatic rings. The SMILES string of the molecule is CC(C)N(Cc1ccccc1)C[C@H]1CCN(CCN)C1. The maximum atomic E-state index is 5.65. The van der Waals surface area contributed by atoms with E-state index in [1.807, 2.05) is 0 Å². The van der Waals surface area contributed by atoms with E-state index in [4.69, 9.17) is 5.73 Å². The molecule has 3 heteroatoms. The molecule has 0 radical (unpaired) electrons. The minimum Gasteiger partial charge on any atom is -0.329 e. The first-order valence-corrected chi connectivity index (χ1v) is 7.89. The predicted octanol–water partition coefficient (Wildman–Crippen LogP) is 2.18. The Morgan fingerprint density at radius 1 is 1.30 bits per heavy atom. The highest BCUT2D eigenvalue weighted by atomic mass is 15.2. The summed E-state index contributed by atoms with van der Waals surface area (Å²) in [5.41, 5.74) is 7.07. The maximum absolute atomic E-state index is 5.65. The second-order valence-electron chi connectivity index (χ2n) is 6.25. The van der Waals surface area contributed by atoms with Crippen LogP contribution in [0.3, 0.4) is 0 Å². The average molecular weight is 275 g/mol. The Balaban J connectivity index is 1.87. The highest BCUT2D eigenvalue weighted by Crippen LogP contribution is 2.19. The van der Waals surface area contributed by atoms with Crippen molar-refractivity contribution >= 4 is 0 Å². The van der Waals surface area contributed by atoms with Crippen LogP contribution in [-0.2, 0) is 6.54 Å². The Morgan fingerprint density at radius 3 is 2.70 bits per heavy atom. The van der Waals surface area contributed by atoms with Crippen LogP contribution in [0.4, 0.5) is 0 Å². The number of hydrogen-bond donors (Lipinski definition) is 1. The van der Waals surface area contributed by atoms with Gasteiger partial charge in [-0.05, 0) is 38.3 Å². The molecule has 0 spiro atoms. The smallest absolute Gasteiger partial charge is 0.0236 e. The van der Waals surface area contributed by atoms with Crippen LogP contribution >= 0.6 is 0 Å². The molecule has 1 aliphatic heterocycles. The fraction of sp³-hybridized carbons (Fsp3) is 0.647. The molecule has 1 atom stereocenters. The minimum absolute atomic E-state index is 0.596. The molecule has 0 aliphatic carbocycles. The van der Waals surface area contributed by atoms with Gasteiger partial charge in [-0.15, -0.1) is 0 Å². The van der Waals surface area contributed by atoms with Gasteiger partial charge in [-0.3, -0.25) is 4.90 Å². The van der Waals surface area contributed by atoms with Crippen molar-refractivity contribution < 1.29 is 0 Å². The highest BCUT2D eigenvalue weighted by molar-refractivity contribution is 5.14. The second-order valence-corrected chi connectivity index (χ2v) is 6.25. The highest BCUT2D eigenvalue weighted by Gasteiger charge is 2.24. The van der Waals surface area contributed by atoms with E-state index in [-0.39, 0.29) is 0 Å². The lowest BCUT2D eigenvalue weighted by atomic mass is 10.1. The van der Waals surface area contributed by atoms with E-state index in [0.717, 1.165) is 25.6 Å². The van der Waals surface area contributed by atoms with E-state index in [1.54, 1.807) is 0 Å². The molecule has 1 fully saturated rings. The van der Waals surface area contributed by atoms with Crippen LogP contribution in [0.1, 0.15) is 25.8 Å². The summed E-state index contributed by atoms with van der Waals surface area (Å²) in [5.74, 6) is 0.799. The van der Waals surface area contributed by atoms with E-state index in [2.05, 4.69) is 54.0 Å². The molecule has 0 bridgehead atoms. The van der Waals surface area contributed by atoms with Gasteiger partial charge in [0.15, 0.2) is 0 Å². The molecule has 0 saturated carbocycles. The molecule has 1 heterocycles. The molecular formula is C17H29N3. The number of nitrogens with two attached hydrogens (primary N) is 1. The van der Waals surface area contributed by atoms with Gasteiger partial charge in [0.2, 0.25) is 0 Å². The summed E-state index contributed by atoms with van der Waals surface area (Å²) in [7, 11) is 0. The van der Waals surface area contributed by atoms with Crippen molar-refractivity contribution in [3.8, 4) is 0 Å². The van der Waals surface area contributed by atoms with Crippen LogP contribution in [-0.4, -0.2) is 48.6 Å². The van der Waals surface area contributed by atoms with Gasteiger partial charge in [0.25, 0.3) is 0 Å². The summed E-state index contributed by atoms with van der Waals surface area (Å²) in [5, 5.41) is 0. The molecule has 2 rings (SSSR count). The molecular weight excluding hydrogens is 246 g/mol. The molecule has 1 aromatic carbocycles.